The molecular formula is C28H27ClN4O3. The maximum absolute atomic E-state index is 13.9. The minimum Gasteiger partial charge on any atom is -0.478 e. The van der Waals surface area contributed by atoms with Crippen LogP contribution in [-0.4, -0.2) is 31.7 Å². The quantitative estimate of drug-likeness (QED) is 0.327. The molecule has 4 aromatic rings. The molecule has 0 bridgehead atoms. The Balaban J connectivity index is 1.61. The molecule has 1 aliphatic carbocycles. The maximum Gasteiger partial charge on any atom is 0.328 e. The third-order valence-electron chi connectivity index (χ3n) is 6.91. The second-order valence-electron chi connectivity index (χ2n) is 9.32. The highest BCUT2D eigenvalue weighted by Gasteiger charge is 2.28. The van der Waals surface area contributed by atoms with E-state index in [1.807, 2.05) is 25.2 Å². The van der Waals surface area contributed by atoms with Gasteiger partial charge in [0.1, 0.15) is 0 Å². The lowest BCUT2D eigenvalue weighted by Gasteiger charge is -2.30. The summed E-state index contributed by atoms with van der Waals surface area (Å²) >= 11 is 6.94. The molecule has 1 amide bonds. The molecule has 1 fully saturated rings. The average molecular weight is 503 g/mol. The van der Waals surface area contributed by atoms with Crippen molar-refractivity contribution < 1.29 is 14.7 Å². The Morgan fingerprint density at radius 2 is 1.94 bits per heavy atom. The predicted octanol–water partition coefficient (Wildman–Crippen LogP) is 5.99. The van der Waals surface area contributed by atoms with E-state index in [9.17, 15) is 9.59 Å². The Labute approximate surface area is 214 Å². The minimum absolute atomic E-state index is 0.0498. The van der Waals surface area contributed by atoms with Crippen LogP contribution in [0.15, 0.2) is 55.0 Å². The molecule has 0 saturated heterocycles. The second kappa shape index (κ2) is 10.1. The van der Waals surface area contributed by atoms with E-state index in [2.05, 4.69) is 16.1 Å². The van der Waals surface area contributed by atoms with Gasteiger partial charge in [-0.1, -0.05) is 49.1 Å². The summed E-state index contributed by atoms with van der Waals surface area (Å²) < 4.78 is 1.76. The normalized spacial score (nSPS) is 14.6. The number of anilines is 1. The van der Waals surface area contributed by atoms with Gasteiger partial charge in [0.05, 0.1) is 35.2 Å². The average Bonchev–Trinajstić information content (AvgIpc) is 3.27. The SMILES string of the molecule is Cn1ncc2cc3cccc(CN(C(=O)C4CCCCC4)c4cncc(/C=C/C(=O)O)c4)c3c(Cl)c21. The molecule has 0 unspecified atom stereocenters. The van der Waals surface area contributed by atoms with Gasteiger partial charge in [-0.05, 0) is 47.6 Å². The van der Waals surface area contributed by atoms with Crippen molar-refractivity contribution in [3.8, 4) is 0 Å². The number of halogens is 1. The maximum atomic E-state index is 13.9. The van der Waals surface area contributed by atoms with E-state index in [-0.39, 0.29) is 11.8 Å². The fourth-order valence-corrected chi connectivity index (χ4v) is 5.60. The highest BCUT2D eigenvalue weighted by Crippen LogP contribution is 2.36. The molecule has 2 aromatic carbocycles. The fourth-order valence-electron chi connectivity index (χ4n) is 5.14. The van der Waals surface area contributed by atoms with Gasteiger partial charge in [-0.15, -0.1) is 0 Å². The van der Waals surface area contributed by atoms with Gasteiger partial charge in [0.25, 0.3) is 0 Å². The number of aromatic nitrogens is 3. The summed E-state index contributed by atoms with van der Waals surface area (Å²) in [6.07, 6.45) is 12.6. The zero-order valence-corrected chi connectivity index (χ0v) is 20.8. The first kappa shape index (κ1) is 24.0. The lowest BCUT2D eigenvalue weighted by Crippen LogP contribution is -2.37. The Morgan fingerprint density at radius 3 is 2.72 bits per heavy atom. The Kier molecular flexibility index (Phi) is 6.74. The van der Waals surface area contributed by atoms with Gasteiger partial charge in [0.2, 0.25) is 5.91 Å². The molecule has 36 heavy (non-hydrogen) atoms. The largest absolute Gasteiger partial charge is 0.478 e. The van der Waals surface area contributed by atoms with Gasteiger partial charge in [-0.3, -0.25) is 14.5 Å². The van der Waals surface area contributed by atoms with Crippen LogP contribution in [0.1, 0.15) is 43.2 Å². The Bertz CT molecular complexity index is 1490. The monoisotopic (exact) mass is 502 g/mol. The summed E-state index contributed by atoms with van der Waals surface area (Å²) in [6, 6.07) is 9.87. The lowest BCUT2D eigenvalue weighted by molar-refractivity contribution is -0.131. The van der Waals surface area contributed by atoms with Crippen LogP contribution in [-0.2, 0) is 23.2 Å². The van der Waals surface area contributed by atoms with Crippen molar-refractivity contribution in [2.45, 2.75) is 38.6 Å². The zero-order valence-electron chi connectivity index (χ0n) is 20.0. The number of hydrogen-bond donors (Lipinski definition) is 1. The van der Waals surface area contributed by atoms with Crippen molar-refractivity contribution in [1.82, 2.24) is 14.8 Å². The van der Waals surface area contributed by atoms with Crippen LogP contribution < -0.4 is 4.90 Å². The van der Waals surface area contributed by atoms with Gasteiger partial charge in [0.15, 0.2) is 0 Å². The smallest absolute Gasteiger partial charge is 0.328 e. The van der Waals surface area contributed by atoms with Crippen LogP contribution in [0, 0.1) is 5.92 Å². The molecule has 0 aliphatic heterocycles. The summed E-state index contributed by atoms with van der Waals surface area (Å²) in [5.41, 5.74) is 3.03. The first-order valence-corrected chi connectivity index (χ1v) is 12.5. The number of carbonyl (C=O) groups is 2. The van der Waals surface area contributed by atoms with E-state index in [0.29, 0.717) is 22.8 Å². The predicted molar refractivity (Wildman–Crippen MR) is 142 cm³/mol. The van der Waals surface area contributed by atoms with Crippen LogP contribution in [0.5, 0.6) is 0 Å². The molecule has 1 saturated carbocycles. The van der Waals surface area contributed by atoms with Crippen LogP contribution in [0.3, 0.4) is 0 Å². The van der Waals surface area contributed by atoms with Crippen molar-refractivity contribution in [2.75, 3.05) is 4.90 Å². The molecule has 0 atom stereocenters. The van der Waals surface area contributed by atoms with E-state index < -0.39 is 5.97 Å². The molecule has 7 nitrogen and oxygen atoms in total. The van der Waals surface area contributed by atoms with E-state index in [1.54, 1.807) is 34.2 Å². The van der Waals surface area contributed by atoms with Gasteiger partial charge in [-0.2, -0.15) is 5.10 Å². The first-order valence-electron chi connectivity index (χ1n) is 12.1. The number of amides is 1. The number of carboxylic acid groups (broad SMARTS) is 1. The minimum atomic E-state index is -1.04. The van der Waals surface area contributed by atoms with Crippen LogP contribution in [0.25, 0.3) is 27.8 Å². The summed E-state index contributed by atoms with van der Waals surface area (Å²) in [5, 5.41) is 16.8. The van der Waals surface area contributed by atoms with Crippen molar-refractivity contribution in [2.24, 2.45) is 13.0 Å². The molecule has 2 heterocycles. The molecule has 184 valence electrons. The number of aliphatic carboxylic acids is 1. The number of hydrogen-bond acceptors (Lipinski definition) is 4. The Morgan fingerprint density at radius 1 is 1.14 bits per heavy atom. The number of rotatable bonds is 6. The lowest BCUT2D eigenvalue weighted by atomic mass is 9.88. The molecule has 2 aromatic heterocycles. The molecule has 5 rings (SSSR count). The van der Waals surface area contributed by atoms with Crippen molar-refractivity contribution >= 4 is 56.9 Å². The molecule has 0 spiro atoms. The fraction of sp³-hybridized carbons (Fsp3) is 0.286. The number of nitrogens with zero attached hydrogens (tertiary/aromatic N) is 4. The number of pyridine rings is 1. The molecule has 8 heteroatoms. The number of carbonyl (C=O) groups excluding carboxylic acids is 1. The molecule has 1 aliphatic rings. The van der Waals surface area contributed by atoms with Gasteiger partial charge < -0.3 is 10.0 Å². The number of fused-ring (bicyclic) bond motifs is 2. The Hall–Kier alpha value is -3.71. The van der Waals surface area contributed by atoms with Crippen LogP contribution >= 0.6 is 11.6 Å². The second-order valence-corrected chi connectivity index (χ2v) is 9.70. The molecule has 1 N–H and O–H groups in total. The third-order valence-corrected chi connectivity index (χ3v) is 7.28. The highest BCUT2D eigenvalue weighted by atomic mass is 35.5. The van der Waals surface area contributed by atoms with Gasteiger partial charge in [-0.25, -0.2) is 4.79 Å². The topological polar surface area (TPSA) is 88.3 Å². The summed E-state index contributed by atoms with van der Waals surface area (Å²) in [5.74, 6) is -1.03. The van der Waals surface area contributed by atoms with Gasteiger partial charge in [0, 0.05) is 36.0 Å². The van der Waals surface area contributed by atoms with Crippen LogP contribution in [0.2, 0.25) is 5.02 Å². The first-order chi connectivity index (χ1) is 17.4. The molecule has 0 radical (unpaired) electrons. The van der Waals surface area contributed by atoms with E-state index in [0.717, 1.165) is 65.4 Å². The van der Waals surface area contributed by atoms with Crippen LogP contribution in [0.4, 0.5) is 5.69 Å². The standard InChI is InChI=1S/C28H27ClN4O3/c1-32-27-22(15-31-32)13-20-8-5-9-21(25(20)26(27)29)17-33(28(36)19-6-3-2-4-7-19)23-12-18(14-30-16-23)10-11-24(34)35/h5,8-16,19H,2-4,6-7,17H2,1H3,(H,34,35)/b11-10+. The third kappa shape index (κ3) is 4.71. The summed E-state index contributed by atoms with van der Waals surface area (Å²) in [4.78, 5) is 31.0. The van der Waals surface area contributed by atoms with E-state index in [4.69, 9.17) is 16.7 Å². The van der Waals surface area contributed by atoms with E-state index >= 15 is 0 Å². The zero-order chi connectivity index (χ0) is 25.2. The summed E-state index contributed by atoms with van der Waals surface area (Å²) in [6.45, 7) is 0.323. The number of aryl methyl sites for hydroxylation is 1. The number of benzene rings is 2. The van der Waals surface area contributed by atoms with Gasteiger partial charge >= 0.3 is 5.97 Å². The van der Waals surface area contributed by atoms with Crippen molar-refractivity contribution in [3.63, 3.8) is 0 Å². The van der Waals surface area contributed by atoms with Crippen molar-refractivity contribution in [3.05, 3.63) is 71.1 Å². The van der Waals surface area contributed by atoms with Crippen molar-refractivity contribution in [1.29, 1.82) is 0 Å². The highest BCUT2D eigenvalue weighted by molar-refractivity contribution is 6.40. The number of carboxylic acids is 1. The molecular weight excluding hydrogens is 476 g/mol. The summed E-state index contributed by atoms with van der Waals surface area (Å²) in [7, 11) is 1.86. The van der Waals surface area contributed by atoms with E-state index in [1.165, 1.54) is 6.08 Å².